The molecular weight excluding hydrogens is 340 g/mol. The van der Waals surface area contributed by atoms with E-state index in [0.717, 1.165) is 11.3 Å². The van der Waals surface area contributed by atoms with Crippen LogP contribution in [0.1, 0.15) is 33.7 Å². The first-order valence-electron chi connectivity index (χ1n) is 8.17. The number of sulfone groups is 1. The molecule has 1 aromatic heterocycles. The normalized spacial score (nSPS) is 19.1. The standard InChI is InChI=1S/C17H22N4O3S/c1-11-5-6-14(9-12(11)2)21-13(3)16(18-19-21)17(22)20(4)15-7-8-25(23,24)10-15/h5-6,9,15H,7-8,10H2,1-4H3/t15-/m0/s1. The number of amides is 1. The second-order valence-corrected chi connectivity index (χ2v) is 8.91. The maximum Gasteiger partial charge on any atom is 0.276 e. The Morgan fingerprint density at radius 2 is 1.96 bits per heavy atom. The number of hydrogen-bond acceptors (Lipinski definition) is 5. The summed E-state index contributed by atoms with van der Waals surface area (Å²) in [5, 5.41) is 8.16. The molecule has 0 unspecified atom stereocenters. The van der Waals surface area contributed by atoms with Crippen LogP contribution in [0.25, 0.3) is 5.69 Å². The van der Waals surface area contributed by atoms with Crippen LogP contribution in [0.5, 0.6) is 0 Å². The van der Waals surface area contributed by atoms with Crippen molar-refractivity contribution in [3.8, 4) is 5.69 Å². The van der Waals surface area contributed by atoms with Crippen molar-refractivity contribution in [2.24, 2.45) is 0 Å². The van der Waals surface area contributed by atoms with Crippen molar-refractivity contribution >= 4 is 15.7 Å². The van der Waals surface area contributed by atoms with Gasteiger partial charge in [0.25, 0.3) is 5.91 Å². The number of hydrogen-bond donors (Lipinski definition) is 0. The first kappa shape index (κ1) is 17.6. The van der Waals surface area contributed by atoms with Crippen molar-refractivity contribution in [3.05, 3.63) is 40.7 Å². The Morgan fingerprint density at radius 1 is 1.24 bits per heavy atom. The lowest BCUT2D eigenvalue weighted by Gasteiger charge is -2.22. The highest BCUT2D eigenvalue weighted by molar-refractivity contribution is 7.91. The molecule has 0 aliphatic carbocycles. The summed E-state index contributed by atoms with van der Waals surface area (Å²) in [6.45, 7) is 5.85. The summed E-state index contributed by atoms with van der Waals surface area (Å²) in [6.07, 6.45) is 0.467. The Kier molecular flexibility index (Phi) is 4.40. The van der Waals surface area contributed by atoms with E-state index in [0.29, 0.717) is 12.1 Å². The lowest BCUT2D eigenvalue weighted by Crippen LogP contribution is -2.38. The van der Waals surface area contributed by atoms with Crippen LogP contribution in [0, 0.1) is 20.8 Å². The molecule has 25 heavy (non-hydrogen) atoms. The Bertz CT molecular complexity index is 933. The highest BCUT2D eigenvalue weighted by Gasteiger charge is 2.34. The zero-order valence-corrected chi connectivity index (χ0v) is 15.7. The van der Waals surface area contributed by atoms with Crippen LogP contribution in [-0.4, -0.2) is 58.8 Å². The fraction of sp³-hybridized carbons (Fsp3) is 0.471. The monoisotopic (exact) mass is 362 g/mol. The molecule has 1 aliphatic rings. The first-order valence-corrected chi connectivity index (χ1v) is 9.99. The van der Waals surface area contributed by atoms with E-state index < -0.39 is 9.84 Å². The van der Waals surface area contributed by atoms with Gasteiger partial charge in [-0.2, -0.15) is 0 Å². The van der Waals surface area contributed by atoms with Gasteiger partial charge in [-0.25, -0.2) is 13.1 Å². The molecule has 1 amide bonds. The van der Waals surface area contributed by atoms with E-state index in [2.05, 4.69) is 10.3 Å². The molecule has 0 saturated carbocycles. The number of aromatic nitrogens is 3. The first-order chi connectivity index (χ1) is 11.7. The number of nitrogens with zero attached hydrogens (tertiary/aromatic N) is 4. The molecule has 1 fully saturated rings. The summed E-state index contributed by atoms with van der Waals surface area (Å²) >= 11 is 0. The molecule has 3 rings (SSSR count). The van der Waals surface area contributed by atoms with Gasteiger partial charge in [-0.05, 0) is 50.5 Å². The zero-order chi connectivity index (χ0) is 18.4. The smallest absolute Gasteiger partial charge is 0.276 e. The molecular formula is C17H22N4O3S. The predicted octanol–water partition coefficient (Wildman–Crippen LogP) is 1.45. The minimum Gasteiger partial charge on any atom is -0.336 e. The summed E-state index contributed by atoms with van der Waals surface area (Å²) in [5.74, 6) is -0.155. The molecule has 1 saturated heterocycles. The van der Waals surface area contributed by atoms with E-state index in [1.165, 1.54) is 10.5 Å². The van der Waals surface area contributed by atoms with Crippen LogP contribution in [0.4, 0.5) is 0 Å². The van der Waals surface area contributed by atoms with E-state index >= 15 is 0 Å². The fourth-order valence-corrected chi connectivity index (χ4v) is 4.82. The van der Waals surface area contributed by atoms with E-state index in [4.69, 9.17) is 0 Å². The quantitative estimate of drug-likeness (QED) is 0.825. The average Bonchev–Trinajstić information content (AvgIpc) is 3.11. The van der Waals surface area contributed by atoms with Gasteiger partial charge in [0.05, 0.1) is 22.9 Å². The molecule has 0 bridgehead atoms. The van der Waals surface area contributed by atoms with E-state index in [9.17, 15) is 13.2 Å². The van der Waals surface area contributed by atoms with Crippen LogP contribution in [-0.2, 0) is 9.84 Å². The molecule has 1 aromatic carbocycles. The van der Waals surface area contributed by atoms with E-state index in [1.54, 1.807) is 18.7 Å². The predicted molar refractivity (Wildman–Crippen MR) is 94.7 cm³/mol. The summed E-state index contributed by atoms with van der Waals surface area (Å²) < 4.78 is 24.9. The van der Waals surface area contributed by atoms with Gasteiger partial charge in [0.15, 0.2) is 15.5 Å². The van der Waals surface area contributed by atoms with Gasteiger partial charge >= 0.3 is 0 Å². The highest BCUT2D eigenvalue weighted by atomic mass is 32.2. The van der Waals surface area contributed by atoms with Crippen LogP contribution in [0.3, 0.4) is 0 Å². The third kappa shape index (κ3) is 3.30. The topological polar surface area (TPSA) is 85.2 Å². The van der Waals surface area contributed by atoms with Crippen molar-refractivity contribution in [1.29, 1.82) is 0 Å². The Hall–Kier alpha value is -2.22. The number of benzene rings is 1. The Balaban J connectivity index is 1.87. The second-order valence-electron chi connectivity index (χ2n) is 6.68. The number of rotatable bonds is 3. The summed E-state index contributed by atoms with van der Waals surface area (Å²) in [5.41, 5.74) is 4.05. The van der Waals surface area contributed by atoms with Crippen molar-refractivity contribution in [2.75, 3.05) is 18.6 Å². The molecule has 8 heteroatoms. The summed E-state index contributed by atoms with van der Waals surface area (Å²) in [4.78, 5) is 14.2. The lowest BCUT2D eigenvalue weighted by molar-refractivity contribution is 0.0741. The third-order valence-corrected chi connectivity index (χ3v) is 6.66. The van der Waals surface area contributed by atoms with Gasteiger partial charge in [-0.1, -0.05) is 11.3 Å². The van der Waals surface area contributed by atoms with Gasteiger partial charge in [0.2, 0.25) is 0 Å². The summed E-state index contributed by atoms with van der Waals surface area (Å²) in [7, 11) is -1.42. The number of aryl methyl sites for hydroxylation is 2. The fourth-order valence-electron chi connectivity index (χ4n) is 3.04. The zero-order valence-electron chi connectivity index (χ0n) is 14.9. The Morgan fingerprint density at radius 3 is 2.56 bits per heavy atom. The van der Waals surface area contributed by atoms with E-state index in [1.807, 2.05) is 32.0 Å². The SMILES string of the molecule is Cc1ccc(-n2nnc(C(=O)N(C)[C@H]3CCS(=O)(=O)C3)c2C)cc1C. The van der Waals surface area contributed by atoms with Crippen molar-refractivity contribution in [3.63, 3.8) is 0 Å². The lowest BCUT2D eigenvalue weighted by atomic mass is 10.1. The van der Waals surface area contributed by atoms with Gasteiger partial charge in [-0.3, -0.25) is 4.79 Å². The van der Waals surface area contributed by atoms with Gasteiger partial charge in [0, 0.05) is 13.1 Å². The molecule has 0 radical (unpaired) electrons. The van der Waals surface area contributed by atoms with Gasteiger partial charge in [-0.15, -0.1) is 5.10 Å². The average molecular weight is 362 g/mol. The molecule has 7 nitrogen and oxygen atoms in total. The minimum absolute atomic E-state index is 0.0135. The third-order valence-electron chi connectivity index (χ3n) is 4.91. The highest BCUT2D eigenvalue weighted by Crippen LogP contribution is 2.20. The number of carbonyl (C=O) groups is 1. The van der Waals surface area contributed by atoms with Crippen LogP contribution in [0.15, 0.2) is 18.2 Å². The largest absolute Gasteiger partial charge is 0.336 e. The van der Waals surface area contributed by atoms with Crippen molar-refractivity contribution in [1.82, 2.24) is 19.9 Å². The molecule has 0 spiro atoms. The molecule has 134 valence electrons. The van der Waals surface area contributed by atoms with Crippen LogP contribution in [0.2, 0.25) is 0 Å². The molecule has 1 atom stereocenters. The second kappa shape index (κ2) is 6.25. The van der Waals surface area contributed by atoms with Crippen molar-refractivity contribution in [2.45, 2.75) is 33.2 Å². The van der Waals surface area contributed by atoms with Gasteiger partial charge in [0.1, 0.15) is 0 Å². The van der Waals surface area contributed by atoms with Crippen LogP contribution < -0.4 is 0 Å². The summed E-state index contributed by atoms with van der Waals surface area (Å²) in [6, 6.07) is 5.64. The maximum absolute atomic E-state index is 12.7. The maximum atomic E-state index is 12.7. The number of carbonyl (C=O) groups excluding carboxylic acids is 1. The molecule has 2 heterocycles. The van der Waals surface area contributed by atoms with Crippen LogP contribution >= 0.6 is 0 Å². The van der Waals surface area contributed by atoms with E-state index in [-0.39, 0.29) is 29.1 Å². The molecule has 1 aliphatic heterocycles. The minimum atomic E-state index is -3.05. The van der Waals surface area contributed by atoms with Crippen molar-refractivity contribution < 1.29 is 13.2 Å². The molecule has 2 aromatic rings. The van der Waals surface area contributed by atoms with Gasteiger partial charge < -0.3 is 4.90 Å². The molecule has 0 N–H and O–H groups in total. The Labute approximate surface area is 147 Å².